The van der Waals surface area contributed by atoms with E-state index < -0.39 is 0 Å². The van der Waals surface area contributed by atoms with Gasteiger partial charge in [-0.25, -0.2) is 15.0 Å². The van der Waals surface area contributed by atoms with Gasteiger partial charge < -0.3 is 5.73 Å². The number of thiocarbonyl (C=S) groups is 1. The Morgan fingerprint density at radius 1 is 1.50 bits per heavy atom. The molecule has 2 heterocycles. The van der Waals surface area contributed by atoms with Crippen LogP contribution in [-0.4, -0.2) is 24.3 Å². The summed E-state index contributed by atoms with van der Waals surface area (Å²) in [6, 6.07) is 1.65. The molecule has 0 fully saturated rings. The smallest absolute Gasteiger partial charge is 0.229 e. The topological polar surface area (TPSA) is 89.6 Å². The quantitative estimate of drug-likeness (QED) is 0.788. The van der Waals surface area contributed by atoms with E-state index >= 15 is 0 Å². The molecule has 2 aromatic rings. The maximum Gasteiger partial charge on any atom is 0.229 e. The minimum Gasteiger partial charge on any atom is -0.388 e. The van der Waals surface area contributed by atoms with E-state index in [1.807, 2.05) is 6.92 Å². The molecule has 0 atom stereocenters. The Bertz CT molecular complexity index is 523. The number of aryl methyl sites for hydroxylation is 1. The second-order valence-corrected chi connectivity index (χ2v) is 4.09. The highest BCUT2D eigenvalue weighted by molar-refractivity contribution is 7.80. The fourth-order valence-electron chi connectivity index (χ4n) is 1.000. The van der Waals surface area contributed by atoms with Crippen molar-refractivity contribution in [1.29, 1.82) is 0 Å². The third-order valence-corrected chi connectivity index (χ3v) is 2.59. The lowest BCUT2D eigenvalue weighted by atomic mass is 10.4. The normalized spacial score (nSPS) is 10.1. The van der Waals surface area contributed by atoms with E-state index in [1.165, 1.54) is 11.5 Å². The third-order valence-electron chi connectivity index (χ3n) is 1.65. The Hall–Kier alpha value is -1.67. The van der Waals surface area contributed by atoms with Crippen LogP contribution in [-0.2, 0) is 0 Å². The summed E-state index contributed by atoms with van der Waals surface area (Å²) < 4.78 is 4.03. The summed E-state index contributed by atoms with van der Waals surface area (Å²) in [5.41, 5.74) is 5.99. The van der Waals surface area contributed by atoms with Crippen LogP contribution < -0.4 is 11.1 Å². The second-order valence-electron chi connectivity index (χ2n) is 2.90. The van der Waals surface area contributed by atoms with E-state index in [0.717, 1.165) is 0 Å². The first-order valence-electron chi connectivity index (χ1n) is 4.35. The summed E-state index contributed by atoms with van der Waals surface area (Å²) in [6.07, 6.45) is 1.58. The Morgan fingerprint density at radius 3 is 2.94 bits per heavy atom. The zero-order chi connectivity index (χ0) is 11.5. The van der Waals surface area contributed by atoms with E-state index in [4.69, 9.17) is 18.0 Å². The molecule has 3 N–H and O–H groups in total. The maximum absolute atomic E-state index is 5.47. The summed E-state index contributed by atoms with van der Waals surface area (Å²) in [5, 5.41) is 3.56. The summed E-state index contributed by atoms with van der Waals surface area (Å²) in [7, 11) is 0. The summed E-state index contributed by atoms with van der Waals surface area (Å²) >= 11 is 6.07. The van der Waals surface area contributed by atoms with Crippen molar-refractivity contribution in [2.45, 2.75) is 6.92 Å². The largest absolute Gasteiger partial charge is 0.388 e. The van der Waals surface area contributed by atoms with Crippen LogP contribution in [0.25, 0.3) is 0 Å². The van der Waals surface area contributed by atoms with Crippen LogP contribution in [0, 0.1) is 6.92 Å². The summed E-state index contributed by atoms with van der Waals surface area (Å²) in [5.74, 6) is 1.11. The standard InChI is InChI=1S/C8H8N6S2/c1-4-11-8(16-14-4)13-7-10-3-2-5(12-7)6(9)15/h2-3H,1H3,(H2,9,15)(H,10,11,12,13,14). The van der Waals surface area contributed by atoms with E-state index in [9.17, 15) is 0 Å². The van der Waals surface area contributed by atoms with Gasteiger partial charge in [0.25, 0.3) is 0 Å². The average molecular weight is 252 g/mol. The fourth-order valence-corrected chi connectivity index (χ4v) is 1.68. The number of nitrogens with zero attached hydrogens (tertiary/aromatic N) is 4. The van der Waals surface area contributed by atoms with Crippen LogP contribution in [0.5, 0.6) is 0 Å². The molecule has 6 nitrogen and oxygen atoms in total. The molecule has 0 unspecified atom stereocenters. The van der Waals surface area contributed by atoms with Gasteiger partial charge in [0.2, 0.25) is 11.1 Å². The van der Waals surface area contributed by atoms with E-state index in [2.05, 4.69) is 24.6 Å². The molecule has 0 spiro atoms. The number of rotatable bonds is 3. The Kier molecular flexibility index (Phi) is 3.02. The first-order chi connectivity index (χ1) is 7.65. The molecule has 2 rings (SSSR count). The summed E-state index contributed by atoms with van der Waals surface area (Å²) in [6.45, 7) is 1.81. The van der Waals surface area contributed by atoms with Crippen LogP contribution >= 0.6 is 23.8 Å². The molecule has 2 aromatic heterocycles. The first kappa shape index (κ1) is 10.8. The van der Waals surface area contributed by atoms with Crippen LogP contribution in [0.15, 0.2) is 12.3 Å². The lowest BCUT2D eigenvalue weighted by molar-refractivity contribution is 1.13. The van der Waals surface area contributed by atoms with Gasteiger partial charge in [0.05, 0.1) is 0 Å². The van der Waals surface area contributed by atoms with Crippen molar-refractivity contribution in [3.8, 4) is 0 Å². The number of nitrogens with one attached hydrogen (secondary N) is 1. The van der Waals surface area contributed by atoms with Gasteiger partial charge in [0.1, 0.15) is 16.5 Å². The van der Waals surface area contributed by atoms with Crippen molar-refractivity contribution >= 4 is 39.8 Å². The molecule has 0 bridgehead atoms. The van der Waals surface area contributed by atoms with Crippen molar-refractivity contribution in [3.05, 3.63) is 23.8 Å². The van der Waals surface area contributed by atoms with Gasteiger partial charge in [-0.2, -0.15) is 4.37 Å². The molecule has 0 aliphatic heterocycles. The molecular weight excluding hydrogens is 244 g/mol. The minimum atomic E-state index is 0.235. The number of aromatic nitrogens is 4. The Labute approximate surface area is 101 Å². The summed E-state index contributed by atoms with van der Waals surface area (Å²) in [4.78, 5) is 12.5. The highest BCUT2D eigenvalue weighted by Crippen LogP contribution is 2.14. The predicted molar refractivity (Wildman–Crippen MR) is 65.8 cm³/mol. The zero-order valence-electron chi connectivity index (χ0n) is 8.34. The van der Waals surface area contributed by atoms with E-state index in [-0.39, 0.29) is 4.99 Å². The molecule has 0 saturated carbocycles. The van der Waals surface area contributed by atoms with Gasteiger partial charge in [-0.05, 0) is 13.0 Å². The van der Waals surface area contributed by atoms with Gasteiger partial charge in [0, 0.05) is 17.7 Å². The van der Waals surface area contributed by atoms with Crippen molar-refractivity contribution in [3.63, 3.8) is 0 Å². The maximum atomic E-state index is 5.47. The van der Waals surface area contributed by atoms with E-state index in [1.54, 1.807) is 12.3 Å². The predicted octanol–water partition coefficient (Wildman–Crippen LogP) is 1.01. The lowest BCUT2D eigenvalue weighted by Crippen LogP contribution is -2.12. The van der Waals surface area contributed by atoms with E-state index in [0.29, 0.717) is 22.6 Å². The van der Waals surface area contributed by atoms with Crippen molar-refractivity contribution in [1.82, 2.24) is 19.3 Å². The van der Waals surface area contributed by atoms with Crippen LogP contribution in [0.2, 0.25) is 0 Å². The number of hydrogen-bond acceptors (Lipinski definition) is 7. The van der Waals surface area contributed by atoms with Gasteiger partial charge in [-0.3, -0.25) is 5.32 Å². The number of anilines is 2. The van der Waals surface area contributed by atoms with Crippen molar-refractivity contribution in [2.75, 3.05) is 5.32 Å². The molecule has 0 aromatic carbocycles. The zero-order valence-corrected chi connectivity index (χ0v) is 9.97. The first-order valence-corrected chi connectivity index (χ1v) is 5.53. The Morgan fingerprint density at radius 2 is 2.31 bits per heavy atom. The average Bonchev–Trinajstić information content (AvgIpc) is 2.64. The molecule has 0 saturated heterocycles. The molecule has 8 heteroatoms. The van der Waals surface area contributed by atoms with Gasteiger partial charge in [-0.15, -0.1) is 0 Å². The molecule has 16 heavy (non-hydrogen) atoms. The third kappa shape index (κ3) is 2.47. The molecule has 0 aliphatic carbocycles. The van der Waals surface area contributed by atoms with Crippen LogP contribution in [0.4, 0.5) is 11.1 Å². The molecular formula is C8H8N6S2. The number of nitrogens with two attached hydrogens (primary N) is 1. The van der Waals surface area contributed by atoms with Crippen molar-refractivity contribution < 1.29 is 0 Å². The van der Waals surface area contributed by atoms with Gasteiger partial charge >= 0.3 is 0 Å². The van der Waals surface area contributed by atoms with Crippen molar-refractivity contribution in [2.24, 2.45) is 5.73 Å². The second kappa shape index (κ2) is 4.45. The molecule has 0 radical (unpaired) electrons. The van der Waals surface area contributed by atoms with Crippen LogP contribution in [0.1, 0.15) is 11.5 Å². The molecule has 0 aliphatic rings. The number of hydrogen-bond donors (Lipinski definition) is 2. The minimum absolute atomic E-state index is 0.235. The fraction of sp³-hybridized carbons (Fsp3) is 0.125. The SMILES string of the molecule is Cc1nsc(Nc2nccc(C(N)=S)n2)n1. The lowest BCUT2D eigenvalue weighted by Gasteiger charge is -2.01. The monoisotopic (exact) mass is 252 g/mol. The Balaban J connectivity index is 2.21. The molecule has 0 amide bonds. The van der Waals surface area contributed by atoms with Gasteiger partial charge in [0.15, 0.2) is 0 Å². The van der Waals surface area contributed by atoms with Gasteiger partial charge in [-0.1, -0.05) is 12.2 Å². The highest BCUT2D eigenvalue weighted by Gasteiger charge is 2.04. The highest BCUT2D eigenvalue weighted by atomic mass is 32.1. The molecule has 82 valence electrons. The van der Waals surface area contributed by atoms with Crippen LogP contribution in [0.3, 0.4) is 0 Å².